The van der Waals surface area contributed by atoms with E-state index in [9.17, 15) is 12.8 Å². The molecular weight excluding hydrogens is 385 g/mol. The number of rotatable bonds is 7. The third-order valence-electron chi connectivity index (χ3n) is 4.07. The smallest absolute Gasteiger partial charge is 0.243 e. The van der Waals surface area contributed by atoms with Crippen molar-refractivity contribution in [3.05, 3.63) is 59.7 Å². The zero-order valence-corrected chi connectivity index (χ0v) is 16.5. The molecule has 0 aliphatic heterocycles. The Kier molecular flexibility index (Phi) is 5.76. The van der Waals surface area contributed by atoms with Gasteiger partial charge in [0.1, 0.15) is 11.6 Å². The van der Waals surface area contributed by atoms with Crippen molar-refractivity contribution in [2.24, 2.45) is 0 Å². The summed E-state index contributed by atoms with van der Waals surface area (Å²) in [5.41, 5.74) is 1.05. The first kappa shape index (κ1) is 20.0. The van der Waals surface area contributed by atoms with E-state index < -0.39 is 15.8 Å². The molecule has 0 amide bonds. The number of nitrogens with zero attached hydrogens (tertiary/aromatic N) is 3. The van der Waals surface area contributed by atoms with Crippen LogP contribution >= 0.6 is 0 Å². The average molecular weight is 405 g/mol. The van der Waals surface area contributed by atoms with Crippen LogP contribution in [-0.2, 0) is 16.6 Å². The highest BCUT2D eigenvalue weighted by molar-refractivity contribution is 7.89. The van der Waals surface area contributed by atoms with Crippen molar-refractivity contribution in [2.45, 2.75) is 25.3 Å². The van der Waals surface area contributed by atoms with Gasteiger partial charge in [-0.3, -0.25) is 0 Å². The SMILES string of the molecule is CCOc1ccc(-c2noc(CN(C)S(=O)(=O)c3ccc(F)cc3C)n2)cc1. The highest BCUT2D eigenvalue weighted by Gasteiger charge is 2.25. The summed E-state index contributed by atoms with van der Waals surface area (Å²) in [6, 6.07) is 10.7. The van der Waals surface area contributed by atoms with Gasteiger partial charge < -0.3 is 9.26 Å². The van der Waals surface area contributed by atoms with E-state index in [-0.39, 0.29) is 17.3 Å². The van der Waals surface area contributed by atoms with E-state index in [0.717, 1.165) is 21.7 Å². The Morgan fingerprint density at radius 2 is 1.89 bits per heavy atom. The molecule has 2 aromatic carbocycles. The maximum absolute atomic E-state index is 13.3. The van der Waals surface area contributed by atoms with Crippen molar-refractivity contribution in [1.82, 2.24) is 14.4 Å². The summed E-state index contributed by atoms with van der Waals surface area (Å²) in [5.74, 6) is 0.739. The molecule has 0 spiro atoms. The molecule has 3 aromatic rings. The Hall–Kier alpha value is -2.78. The molecule has 28 heavy (non-hydrogen) atoms. The molecule has 0 N–H and O–H groups in total. The summed E-state index contributed by atoms with van der Waals surface area (Å²) >= 11 is 0. The molecule has 0 aliphatic carbocycles. The van der Waals surface area contributed by atoms with E-state index >= 15 is 0 Å². The summed E-state index contributed by atoms with van der Waals surface area (Å²) in [6.07, 6.45) is 0. The van der Waals surface area contributed by atoms with Gasteiger partial charge in [0.25, 0.3) is 0 Å². The number of ether oxygens (including phenoxy) is 1. The zero-order valence-electron chi connectivity index (χ0n) is 15.7. The largest absolute Gasteiger partial charge is 0.494 e. The quantitative estimate of drug-likeness (QED) is 0.599. The number of sulfonamides is 1. The fourth-order valence-corrected chi connectivity index (χ4v) is 3.97. The number of hydrogen-bond donors (Lipinski definition) is 0. The summed E-state index contributed by atoms with van der Waals surface area (Å²) in [7, 11) is -2.43. The molecule has 7 nitrogen and oxygen atoms in total. The molecule has 9 heteroatoms. The average Bonchev–Trinajstić information content (AvgIpc) is 3.10. The highest BCUT2D eigenvalue weighted by Crippen LogP contribution is 2.23. The lowest BCUT2D eigenvalue weighted by atomic mass is 10.2. The Bertz CT molecular complexity index is 1070. The standard InChI is InChI=1S/C19H20FN3O4S/c1-4-26-16-8-5-14(6-9-16)19-21-18(27-22-19)12-23(3)28(24,25)17-10-7-15(20)11-13(17)2/h5-11H,4,12H2,1-3H3. The molecule has 1 heterocycles. The summed E-state index contributed by atoms with van der Waals surface area (Å²) in [4.78, 5) is 4.29. The molecule has 0 aliphatic rings. The first-order chi connectivity index (χ1) is 13.3. The number of aromatic nitrogens is 2. The first-order valence-corrected chi connectivity index (χ1v) is 10.0. The van der Waals surface area contributed by atoms with Gasteiger partial charge in [-0.1, -0.05) is 5.16 Å². The van der Waals surface area contributed by atoms with Gasteiger partial charge in [0.05, 0.1) is 18.0 Å². The maximum atomic E-state index is 13.3. The van der Waals surface area contributed by atoms with Crippen LogP contribution in [0.25, 0.3) is 11.4 Å². The van der Waals surface area contributed by atoms with Gasteiger partial charge in [-0.25, -0.2) is 12.8 Å². The van der Waals surface area contributed by atoms with E-state index in [1.807, 2.05) is 6.92 Å². The van der Waals surface area contributed by atoms with Crippen LogP contribution < -0.4 is 4.74 Å². The van der Waals surface area contributed by atoms with Crippen LogP contribution in [0.4, 0.5) is 4.39 Å². The van der Waals surface area contributed by atoms with E-state index in [1.54, 1.807) is 31.2 Å². The van der Waals surface area contributed by atoms with Gasteiger partial charge in [-0.05, 0) is 61.9 Å². The van der Waals surface area contributed by atoms with Crippen LogP contribution in [0.2, 0.25) is 0 Å². The predicted octanol–water partition coefficient (Wildman–Crippen LogP) is 3.40. The second kappa shape index (κ2) is 8.07. The Morgan fingerprint density at radius 1 is 1.18 bits per heavy atom. The van der Waals surface area contributed by atoms with Crippen LogP contribution in [-0.4, -0.2) is 36.5 Å². The minimum absolute atomic E-state index is 0.0302. The lowest BCUT2D eigenvalue weighted by molar-refractivity contribution is 0.336. The Labute approximate surface area is 162 Å². The fraction of sp³-hybridized carbons (Fsp3) is 0.263. The maximum Gasteiger partial charge on any atom is 0.243 e. The highest BCUT2D eigenvalue weighted by atomic mass is 32.2. The fourth-order valence-electron chi connectivity index (χ4n) is 2.65. The van der Waals surface area contributed by atoms with Crippen molar-refractivity contribution in [3.8, 4) is 17.1 Å². The van der Waals surface area contributed by atoms with E-state index in [1.165, 1.54) is 19.2 Å². The molecule has 0 fully saturated rings. The molecule has 0 unspecified atom stereocenters. The van der Waals surface area contributed by atoms with Gasteiger partial charge in [0.2, 0.25) is 21.7 Å². The van der Waals surface area contributed by atoms with Gasteiger partial charge in [0.15, 0.2) is 0 Å². The number of halogens is 1. The van der Waals surface area contributed by atoms with E-state index in [4.69, 9.17) is 9.26 Å². The van der Waals surface area contributed by atoms with Gasteiger partial charge in [-0.15, -0.1) is 0 Å². The second-order valence-corrected chi connectivity index (χ2v) is 8.15. The molecule has 0 radical (unpaired) electrons. The summed E-state index contributed by atoms with van der Waals surface area (Å²) in [6.45, 7) is 3.90. The second-order valence-electron chi connectivity index (χ2n) is 6.14. The first-order valence-electron chi connectivity index (χ1n) is 8.59. The van der Waals surface area contributed by atoms with Gasteiger partial charge in [-0.2, -0.15) is 9.29 Å². The predicted molar refractivity (Wildman–Crippen MR) is 101 cm³/mol. The molecule has 148 valence electrons. The Balaban J connectivity index is 1.77. The monoisotopic (exact) mass is 405 g/mol. The Morgan fingerprint density at radius 3 is 2.54 bits per heavy atom. The third kappa shape index (κ3) is 4.20. The van der Waals surface area contributed by atoms with Crippen LogP contribution in [0.3, 0.4) is 0 Å². The molecule has 1 aromatic heterocycles. The van der Waals surface area contributed by atoms with Crippen LogP contribution in [0.1, 0.15) is 18.4 Å². The molecule has 3 rings (SSSR count). The third-order valence-corrected chi connectivity index (χ3v) is 6.04. The van der Waals surface area contributed by atoms with Crippen molar-refractivity contribution in [2.75, 3.05) is 13.7 Å². The minimum atomic E-state index is -3.83. The molecular formula is C19H20FN3O4S. The topological polar surface area (TPSA) is 85.5 Å². The lowest BCUT2D eigenvalue weighted by Crippen LogP contribution is -2.27. The number of benzene rings is 2. The summed E-state index contributed by atoms with van der Waals surface area (Å²) < 4.78 is 50.4. The molecule has 0 atom stereocenters. The molecule has 0 saturated carbocycles. The van der Waals surface area contributed by atoms with E-state index in [0.29, 0.717) is 18.0 Å². The van der Waals surface area contributed by atoms with Crippen LogP contribution in [0.15, 0.2) is 51.9 Å². The van der Waals surface area contributed by atoms with Crippen molar-refractivity contribution in [1.29, 1.82) is 0 Å². The number of aryl methyl sites for hydroxylation is 1. The van der Waals surface area contributed by atoms with Crippen LogP contribution in [0, 0.1) is 12.7 Å². The zero-order chi connectivity index (χ0) is 20.3. The van der Waals surface area contributed by atoms with Gasteiger partial charge >= 0.3 is 0 Å². The lowest BCUT2D eigenvalue weighted by Gasteiger charge is -2.16. The van der Waals surface area contributed by atoms with Crippen molar-refractivity contribution < 1.29 is 22.1 Å². The van der Waals surface area contributed by atoms with Crippen LogP contribution in [0.5, 0.6) is 5.75 Å². The van der Waals surface area contributed by atoms with E-state index in [2.05, 4.69) is 10.1 Å². The molecule has 0 bridgehead atoms. The normalized spacial score (nSPS) is 11.8. The molecule has 0 saturated heterocycles. The summed E-state index contributed by atoms with van der Waals surface area (Å²) in [5, 5.41) is 3.90. The number of hydrogen-bond acceptors (Lipinski definition) is 6. The van der Waals surface area contributed by atoms with Gasteiger partial charge in [0, 0.05) is 12.6 Å². The van der Waals surface area contributed by atoms with Crippen molar-refractivity contribution in [3.63, 3.8) is 0 Å². The van der Waals surface area contributed by atoms with Crippen molar-refractivity contribution >= 4 is 10.0 Å². The minimum Gasteiger partial charge on any atom is -0.494 e.